The van der Waals surface area contributed by atoms with Crippen LogP contribution in [-0.4, -0.2) is 88.3 Å². The fourth-order valence-electron chi connectivity index (χ4n) is 6.27. The van der Waals surface area contributed by atoms with Gasteiger partial charge in [0.05, 0.1) is 19.1 Å². The number of nitrogens with one attached hydrogen (secondary N) is 4. The summed E-state index contributed by atoms with van der Waals surface area (Å²) in [5.41, 5.74) is 4.33. The average molecular weight is 827 g/mol. The Morgan fingerprint density at radius 2 is 0.967 bits per heavy atom. The van der Waals surface area contributed by atoms with Crippen LogP contribution in [0.4, 0.5) is 0 Å². The van der Waals surface area contributed by atoms with Crippen LogP contribution in [0.2, 0.25) is 0 Å². The smallest absolute Gasteiger partial charge is 0.326 e. The van der Waals surface area contributed by atoms with Gasteiger partial charge in [-0.3, -0.25) is 38.4 Å². The fraction of sp³-hybridized carbons (Fsp3) is 0.400. The monoisotopic (exact) mass is 826 g/mol. The molecule has 0 aromatic heterocycles. The number of hydrogen-bond acceptors (Lipinski definition) is 9. The fourth-order valence-corrected chi connectivity index (χ4v) is 6.27. The maximum absolute atomic E-state index is 13.4. The van der Waals surface area contributed by atoms with Gasteiger partial charge in [-0.05, 0) is 71.7 Å². The lowest BCUT2D eigenvalue weighted by molar-refractivity contribution is -0.144. The van der Waals surface area contributed by atoms with E-state index in [9.17, 15) is 53.4 Å². The standard InChI is InChI=1S/C45H54N4O11/c1-25(2)39(37(52)22-35(19-20-38(53)54)44(58)49-40(26(3)4)45(59)60)48-41(55)27(5)21-36(51)24-47-43(57)34-17-13-32(14-18-34)30-9-7-29(8-10-30)31-11-15-33(16-12-31)42(56)46-23-28(6)50/h7-18,25-27,35,39-40H,19-24H2,1-6H3,(H,46,56)(H,47,57)(H,48,55)(H,49,58)(H,53,54)(H,59,60)/t27-,35-,39+,40+/m1/s1. The van der Waals surface area contributed by atoms with Gasteiger partial charge in [0.25, 0.3) is 11.8 Å². The molecule has 0 aliphatic heterocycles. The van der Waals surface area contributed by atoms with Crippen LogP contribution in [0.1, 0.15) is 87.9 Å². The lowest BCUT2D eigenvalue weighted by Gasteiger charge is -2.26. The molecule has 0 aliphatic rings. The molecule has 15 heteroatoms. The predicted octanol–water partition coefficient (Wildman–Crippen LogP) is 4.47. The van der Waals surface area contributed by atoms with Crippen molar-refractivity contribution in [1.29, 1.82) is 0 Å². The molecule has 4 amide bonds. The third-order valence-electron chi connectivity index (χ3n) is 9.84. The molecule has 4 atom stereocenters. The number of hydrogen-bond donors (Lipinski definition) is 6. The molecule has 0 unspecified atom stereocenters. The van der Waals surface area contributed by atoms with Crippen molar-refractivity contribution in [3.63, 3.8) is 0 Å². The minimum absolute atomic E-state index is 0.0303. The van der Waals surface area contributed by atoms with Crippen molar-refractivity contribution < 1.29 is 53.4 Å². The molecule has 0 fully saturated rings. The molecule has 15 nitrogen and oxygen atoms in total. The number of carboxylic acids is 2. The SMILES string of the molecule is CC(=O)CNC(=O)c1ccc(-c2ccc(-c3ccc(C(=O)NCC(=O)C[C@@H](C)C(=O)N[C@H](C(=O)C[C@@H](CCC(=O)O)C(=O)N[C@H](C(=O)O)C(C)C)C(C)C)cc3)cc2)cc1. The van der Waals surface area contributed by atoms with E-state index in [0.29, 0.717) is 11.1 Å². The number of carbonyl (C=O) groups excluding carboxylic acids is 7. The summed E-state index contributed by atoms with van der Waals surface area (Å²) in [6.45, 7) is 9.07. The van der Waals surface area contributed by atoms with Gasteiger partial charge < -0.3 is 31.5 Å². The summed E-state index contributed by atoms with van der Waals surface area (Å²) in [4.78, 5) is 112. The minimum atomic E-state index is -1.27. The van der Waals surface area contributed by atoms with Gasteiger partial charge >= 0.3 is 11.9 Å². The molecular weight excluding hydrogens is 773 g/mol. The Morgan fingerprint density at radius 3 is 1.37 bits per heavy atom. The van der Waals surface area contributed by atoms with E-state index >= 15 is 0 Å². The Kier molecular flexibility index (Phi) is 18.0. The highest BCUT2D eigenvalue weighted by atomic mass is 16.4. The lowest BCUT2D eigenvalue weighted by atomic mass is 9.88. The van der Waals surface area contributed by atoms with E-state index < -0.39 is 89.8 Å². The first-order valence-corrected chi connectivity index (χ1v) is 19.7. The molecule has 0 spiro atoms. The number of carbonyl (C=O) groups is 9. The molecule has 6 N–H and O–H groups in total. The van der Waals surface area contributed by atoms with E-state index in [1.807, 2.05) is 36.4 Å². The summed E-state index contributed by atoms with van der Waals surface area (Å²) < 4.78 is 0. The van der Waals surface area contributed by atoms with Crippen molar-refractivity contribution >= 4 is 52.9 Å². The van der Waals surface area contributed by atoms with E-state index in [1.165, 1.54) is 13.8 Å². The average Bonchev–Trinajstić information content (AvgIpc) is 3.20. The summed E-state index contributed by atoms with van der Waals surface area (Å²) in [6.07, 6.45) is -1.34. The molecule has 3 aromatic carbocycles. The van der Waals surface area contributed by atoms with E-state index in [-0.39, 0.29) is 37.6 Å². The molecule has 3 aromatic rings. The molecule has 0 bridgehead atoms. The normalized spacial score (nSPS) is 13.0. The number of amides is 4. The molecule has 0 saturated heterocycles. The second-order valence-corrected chi connectivity index (χ2v) is 15.5. The number of Topliss-reactive ketones (excluding diaryl/α,β-unsaturated/α-hetero) is 3. The van der Waals surface area contributed by atoms with Crippen LogP contribution >= 0.6 is 0 Å². The van der Waals surface area contributed by atoms with Gasteiger partial charge in [-0.2, -0.15) is 0 Å². The van der Waals surface area contributed by atoms with Gasteiger partial charge in [-0.15, -0.1) is 0 Å². The maximum Gasteiger partial charge on any atom is 0.326 e. The van der Waals surface area contributed by atoms with Gasteiger partial charge in [0.1, 0.15) is 11.8 Å². The van der Waals surface area contributed by atoms with Crippen molar-refractivity contribution in [3.8, 4) is 22.3 Å². The molecule has 0 saturated carbocycles. The lowest BCUT2D eigenvalue weighted by Crippen LogP contribution is -2.49. The van der Waals surface area contributed by atoms with E-state index in [4.69, 9.17) is 0 Å². The van der Waals surface area contributed by atoms with Crippen molar-refractivity contribution in [2.24, 2.45) is 23.7 Å². The van der Waals surface area contributed by atoms with Crippen LogP contribution in [0, 0.1) is 23.7 Å². The highest BCUT2D eigenvalue weighted by molar-refractivity contribution is 5.99. The predicted molar refractivity (Wildman–Crippen MR) is 223 cm³/mol. The zero-order chi connectivity index (χ0) is 44.7. The topological polar surface area (TPSA) is 242 Å². The van der Waals surface area contributed by atoms with E-state index in [2.05, 4.69) is 21.3 Å². The maximum atomic E-state index is 13.4. The number of rotatable bonds is 23. The first-order chi connectivity index (χ1) is 28.3. The highest BCUT2D eigenvalue weighted by Crippen LogP contribution is 2.26. The number of benzene rings is 3. The third kappa shape index (κ3) is 14.7. The van der Waals surface area contributed by atoms with Gasteiger partial charge in [-0.25, -0.2) is 4.79 Å². The van der Waals surface area contributed by atoms with E-state index in [0.717, 1.165) is 22.3 Å². The zero-order valence-electron chi connectivity index (χ0n) is 34.7. The van der Waals surface area contributed by atoms with Gasteiger partial charge in [0.2, 0.25) is 11.8 Å². The summed E-state index contributed by atoms with van der Waals surface area (Å²) in [5, 5.41) is 28.9. The molecule has 3 rings (SSSR count). The first kappa shape index (κ1) is 47.9. The summed E-state index contributed by atoms with van der Waals surface area (Å²) in [6, 6.07) is 19.2. The number of carboxylic acid groups (broad SMARTS) is 2. The zero-order valence-corrected chi connectivity index (χ0v) is 34.7. The Bertz CT molecular complexity index is 2040. The first-order valence-electron chi connectivity index (χ1n) is 19.7. The minimum Gasteiger partial charge on any atom is -0.481 e. The van der Waals surface area contributed by atoms with Gasteiger partial charge in [-0.1, -0.05) is 83.1 Å². The Labute approximate surface area is 349 Å². The molecule has 0 radical (unpaired) electrons. The highest BCUT2D eigenvalue weighted by Gasteiger charge is 2.33. The Morgan fingerprint density at radius 1 is 0.550 bits per heavy atom. The molecule has 0 aliphatic carbocycles. The van der Waals surface area contributed by atoms with Crippen molar-refractivity contribution in [1.82, 2.24) is 21.3 Å². The van der Waals surface area contributed by atoms with Crippen LogP contribution in [0.25, 0.3) is 22.3 Å². The van der Waals surface area contributed by atoms with Crippen LogP contribution in [0.15, 0.2) is 72.8 Å². The second-order valence-electron chi connectivity index (χ2n) is 15.5. The van der Waals surface area contributed by atoms with Gasteiger partial charge in [0, 0.05) is 42.2 Å². The summed E-state index contributed by atoms with van der Waals surface area (Å²) in [5.74, 6) is -8.73. The Hall–Kier alpha value is -6.51. The van der Waals surface area contributed by atoms with Crippen LogP contribution in [0.5, 0.6) is 0 Å². The van der Waals surface area contributed by atoms with Crippen LogP contribution in [0.3, 0.4) is 0 Å². The molecule has 320 valence electrons. The number of ketones is 3. The second kappa shape index (κ2) is 22.6. The van der Waals surface area contributed by atoms with Crippen molar-refractivity contribution in [2.45, 2.75) is 79.3 Å². The number of aliphatic carboxylic acids is 2. The Balaban J connectivity index is 1.53. The van der Waals surface area contributed by atoms with E-state index in [1.54, 1.807) is 64.1 Å². The van der Waals surface area contributed by atoms with Crippen LogP contribution < -0.4 is 21.3 Å². The summed E-state index contributed by atoms with van der Waals surface area (Å²) >= 11 is 0. The largest absolute Gasteiger partial charge is 0.481 e. The van der Waals surface area contributed by atoms with Crippen molar-refractivity contribution in [3.05, 3.63) is 83.9 Å². The van der Waals surface area contributed by atoms with Gasteiger partial charge in [0.15, 0.2) is 11.6 Å². The quantitative estimate of drug-likeness (QED) is 0.0779. The molecule has 0 heterocycles. The molecule has 60 heavy (non-hydrogen) atoms. The third-order valence-corrected chi connectivity index (χ3v) is 9.84. The van der Waals surface area contributed by atoms with Crippen molar-refractivity contribution in [2.75, 3.05) is 13.1 Å². The summed E-state index contributed by atoms with van der Waals surface area (Å²) in [7, 11) is 0. The molecular formula is C45H54N4O11. The van der Waals surface area contributed by atoms with Crippen LogP contribution in [-0.2, 0) is 33.6 Å².